The van der Waals surface area contributed by atoms with E-state index in [-0.39, 0.29) is 46.3 Å². The largest absolute Gasteiger partial charge is 0.492 e. The van der Waals surface area contributed by atoms with Crippen molar-refractivity contribution in [3.63, 3.8) is 0 Å². The summed E-state index contributed by atoms with van der Waals surface area (Å²) in [4.78, 5) is 38.2. The molecule has 0 bridgehead atoms. The Kier molecular flexibility index (Phi) is 5.06. The fraction of sp³-hybridized carbons (Fsp3) is 0.550. The molecule has 1 aliphatic carbocycles. The van der Waals surface area contributed by atoms with Crippen LogP contribution in [0.15, 0.2) is 15.7 Å². The highest BCUT2D eigenvalue weighted by atomic mass is 19.1. The first-order valence-electron chi connectivity index (χ1n) is 10.2. The lowest BCUT2D eigenvalue weighted by atomic mass is 9.91. The second-order valence-electron chi connectivity index (χ2n) is 8.48. The van der Waals surface area contributed by atoms with E-state index >= 15 is 4.39 Å². The van der Waals surface area contributed by atoms with Crippen LogP contribution in [0.4, 0.5) is 14.9 Å². The minimum atomic E-state index is -1.11. The smallest absolute Gasteiger partial charge is 0.404 e. The highest BCUT2D eigenvalue weighted by Gasteiger charge is 2.38. The summed E-state index contributed by atoms with van der Waals surface area (Å²) in [6.45, 7) is 4.62. The summed E-state index contributed by atoms with van der Waals surface area (Å²) < 4.78 is 22.8. The molecule has 31 heavy (non-hydrogen) atoms. The standard InChI is InChI=1S/C20H26FN5O5/c1-9-7-24(8-13(9)10(2)23-19(28)29)16-14(21)6-12-15(17(16)31-3)25(11-4-5-11)20(30)26(22)18(12)27/h6,9-11,13,23H,4-5,7-8,22H2,1-3H3,(H,28,29). The lowest BCUT2D eigenvalue weighted by Gasteiger charge is -2.25. The molecule has 10 nitrogen and oxygen atoms in total. The monoisotopic (exact) mass is 435 g/mol. The molecule has 3 atom stereocenters. The van der Waals surface area contributed by atoms with Gasteiger partial charge >= 0.3 is 11.8 Å². The minimum Gasteiger partial charge on any atom is -0.492 e. The molecule has 1 saturated heterocycles. The van der Waals surface area contributed by atoms with Crippen LogP contribution in [0, 0.1) is 17.7 Å². The summed E-state index contributed by atoms with van der Waals surface area (Å²) in [5, 5.41) is 11.5. The number of ether oxygens (including phenoxy) is 1. The lowest BCUT2D eigenvalue weighted by molar-refractivity contribution is 0.184. The molecule has 0 radical (unpaired) electrons. The predicted molar refractivity (Wildman–Crippen MR) is 113 cm³/mol. The molecule has 1 saturated carbocycles. The zero-order valence-electron chi connectivity index (χ0n) is 17.6. The molecule has 1 amide bonds. The molecule has 1 aromatic carbocycles. The Hall–Kier alpha value is -3.24. The number of halogens is 1. The van der Waals surface area contributed by atoms with E-state index in [1.807, 2.05) is 6.92 Å². The Morgan fingerprint density at radius 2 is 2.03 bits per heavy atom. The Balaban J connectivity index is 1.88. The van der Waals surface area contributed by atoms with Crippen molar-refractivity contribution in [2.24, 2.45) is 11.8 Å². The van der Waals surface area contributed by atoms with Crippen LogP contribution < -0.4 is 32.0 Å². The number of carbonyl (C=O) groups is 1. The third-order valence-corrected chi connectivity index (χ3v) is 6.38. The van der Waals surface area contributed by atoms with E-state index in [4.69, 9.17) is 15.7 Å². The van der Waals surface area contributed by atoms with Crippen molar-refractivity contribution in [1.29, 1.82) is 0 Å². The molecule has 4 N–H and O–H groups in total. The van der Waals surface area contributed by atoms with E-state index in [0.29, 0.717) is 17.8 Å². The van der Waals surface area contributed by atoms with Crippen molar-refractivity contribution in [3.05, 3.63) is 32.7 Å². The van der Waals surface area contributed by atoms with Crippen molar-refractivity contribution >= 4 is 22.7 Å². The van der Waals surface area contributed by atoms with E-state index < -0.39 is 23.2 Å². The quantitative estimate of drug-likeness (QED) is 0.599. The van der Waals surface area contributed by atoms with Crippen LogP contribution in [0.2, 0.25) is 0 Å². The number of nitrogen functional groups attached to an aromatic ring is 1. The van der Waals surface area contributed by atoms with Gasteiger partial charge in [-0.25, -0.2) is 14.0 Å². The molecule has 2 fully saturated rings. The molecular weight excluding hydrogens is 409 g/mol. The maximum Gasteiger partial charge on any atom is 0.404 e. The number of rotatable bonds is 5. The molecule has 11 heteroatoms. The van der Waals surface area contributed by atoms with Gasteiger partial charge in [0.25, 0.3) is 5.56 Å². The normalized spacial score (nSPS) is 22.0. The zero-order chi connectivity index (χ0) is 22.6. The highest BCUT2D eigenvalue weighted by Crippen LogP contribution is 2.44. The fourth-order valence-corrected chi connectivity index (χ4v) is 4.72. The Labute approximate surface area is 177 Å². The van der Waals surface area contributed by atoms with Gasteiger partial charge in [0.2, 0.25) is 0 Å². The highest BCUT2D eigenvalue weighted by molar-refractivity contribution is 5.91. The number of nitrogens with one attached hydrogen (secondary N) is 1. The van der Waals surface area contributed by atoms with Crippen LogP contribution in [0.1, 0.15) is 32.7 Å². The Bertz CT molecular complexity index is 1170. The Morgan fingerprint density at radius 1 is 1.35 bits per heavy atom. The minimum absolute atomic E-state index is 0.0168. The van der Waals surface area contributed by atoms with Crippen molar-refractivity contribution in [2.45, 2.75) is 38.8 Å². The van der Waals surface area contributed by atoms with Crippen LogP contribution in [-0.2, 0) is 0 Å². The number of nitrogens with two attached hydrogens (primary N) is 1. The maximum absolute atomic E-state index is 15.3. The van der Waals surface area contributed by atoms with Crippen LogP contribution >= 0.6 is 0 Å². The topological polar surface area (TPSA) is 132 Å². The third kappa shape index (κ3) is 3.37. The van der Waals surface area contributed by atoms with Gasteiger partial charge in [0, 0.05) is 31.1 Å². The van der Waals surface area contributed by atoms with E-state index in [2.05, 4.69) is 5.32 Å². The molecule has 1 aliphatic heterocycles. The number of amides is 1. The molecular formula is C20H26FN5O5. The predicted octanol–water partition coefficient (Wildman–Crippen LogP) is 1.09. The molecule has 2 heterocycles. The molecule has 3 unspecified atom stereocenters. The molecule has 1 aromatic heterocycles. The van der Waals surface area contributed by atoms with Gasteiger partial charge in [-0.2, -0.15) is 4.68 Å². The second-order valence-corrected chi connectivity index (χ2v) is 8.48. The second kappa shape index (κ2) is 7.47. The van der Waals surface area contributed by atoms with Crippen molar-refractivity contribution < 1.29 is 19.0 Å². The number of benzene rings is 1. The number of aromatic nitrogens is 2. The number of hydrogen-bond acceptors (Lipinski definition) is 6. The number of hydrogen-bond donors (Lipinski definition) is 3. The summed E-state index contributed by atoms with van der Waals surface area (Å²) in [7, 11) is 1.37. The van der Waals surface area contributed by atoms with E-state index in [1.54, 1.807) is 11.8 Å². The summed E-state index contributed by atoms with van der Waals surface area (Å²) >= 11 is 0. The first kappa shape index (κ1) is 21.0. The number of carboxylic acid groups (broad SMARTS) is 1. The zero-order valence-corrected chi connectivity index (χ0v) is 17.6. The molecule has 2 aromatic rings. The first-order valence-corrected chi connectivity index (χ1v) is 10.2. The van der Waals surface area contributed by atoms with Crippen molar-refractivity contribution in [3.8, 4) is 5.75 Å². The molecule has 168 valence electrons. The molecule has 4 rings (SSSR count). The number of fused-ring (bicyclic) bond motifs is 1. The average Bonchev–Trinajstić information content (AvgIpc) is 3.46. The van der Waals surface area contributed by atoms with Gasteiger partial charge in [0.05, 0.1) is 12.5 Å². The third-order valence-electron chi connectivity index (χ3n) is 6.38. The van der Waals surface area contributed by atoms with Gasteiger partial charge in [-0.05, 0) is 31.7 Å². The van der Waals surface area contributed by atoms with E-state index in [9.17, 15) is 14.4 Å². The summed E-state index contributed by atoms with van der Waals surface area (Å²) in [6.07, 6.45) is 0.397. The summed E-state index contributed by atoms with van der Waals surface area (Å²) in [5.41, 5.74) is -1.05. The number of anilines is 1. The van der Waals surface area contributed by atoms with Gasteiger partial charge in [-0.3, -0.25) is 9.36 Å². The van der Waals surface area contributed by atoms with Crippen molar-refractivity contribution in [1.82, 2.24) is 14.6 Å². The fourth-order valence-electron chi connectivity index (χ4n) is 4.72. The Morgan fingerprint density at radius 3 is 2.61 bits per heavy atom. The van der Waals surface area contributed by atoms with E-state index in [0.717, 1.165) is 18.9 Å². The van der Waals surface area contributed by atoms with Crippen LogP contribution in [0.5, 0.6) is 5.75 Å². The number of methoxy groups -OCH3 is 1. The van der Waals surface area contributed by atoms with Crippen LogP contribution in [-0.4, -0.2) is 46.7 Å². The van der Waals surface area contributed by atoms with Gasteiger partial charge in [0.15, 0.2) is 11.6 Å². The first-order chi connectivity index (χ1) is 14.6. The van der Waals surface area contributed by atoms with Gasteiger partial charge in [0.1, 0.15) is 11.2 Å². The van der Waals surface area contributed by atoms with Crippen LogP contribution in [0.25, 0.3) is 10.9 Å². The number of nitrogens with zero attached hydrogens (tertiary/aromatic N) is 3. The van der Waals surface area contributed by atoms with Gasteiger partial charge < -0.3 is 25.9 Å². The van der Waals surface area contributed by atoms with Gasteiger partial charge in [-0.1, -0.05) is 6.92 Å². The van der Waals surface area contributed by atoms with E-state index in [1.165, 1.54) is 11.7 Å². The van der Waals surface area contributed by atoms with Crippen molar-refractivity contribution in [2.75, 3.05) is 30.9 Å². The molecule has 2 aliphatic rings. The summed E-state index contributed by atoms with van der Waals surface area (Å²) in [6, 6.07) is 0.650. The maximum atomic E-state index is 15.3. The molecule has 0 spiro atoms. The summed E-state index contributed by atoms with van der Waals surface area (Å²) in [5.74, 6) is 5.14. The van der Waals surface area contributed by atoms with Crippen LogP contribution in [0.3, 0.4) is 0 Å². The average molecular weight is 435 g/mol. The SMILES string of the molecule is COc1c(N2CC(C)C(C(C)NC(=O)O)C2)c(F)cc2c(=O)n(N)c(=O)n(C3CC3)c12. The van der Waals surface area contributed by atoms with Gasteiger partial charge in [-0.15, -0.1) is 0 Å². The lowest BCUT2D eigenvalue weighted by Crippen LogP contribution is -2.44.